The van der Waals surface area contributed by atoms with Crippen LogP contribution in [0.3, 0.4) is 0 Å². The molecule has 0 saturated carbocycles. The van der Waals surface area contributed by atoms with Gasteiger partial charge >= 0.3 is 5.97 Å². The van der Waals surface area contributed by atoms with Crippen LogP contribution >= 0.6 is 11.6 Å². The molecular weight excluding hydrogens is 220 g/mol. The fourth-order valence-electron chi connectivity index (χ4n) is 1.11. The minimum Gasteiger partial charge on any atom is -0.618 e. The highest BCUT2D eigenvalue weighted by molar-refractivity contribution is 6.28. The summed E-state index contributed by atoms with van der Waals surface area (Å²) in [4.78, 5) is 10.8. The van der Waals surface area contributed by atoms with Crippen LogP contribution in [0.2, 0.25) is 5.15 Å². The number of rotatable bonds is 3. The molecule has 0 aromatic carbocycles. The van der Waals surface area contributed by atoms with Crippen molar-refractivity contribution in [2.45, 2.75) is 18.9 Å². The summed E-state index contributed by atoms with van der Waals surface area (Å²) in [6.45, 7) is 1.40. The van der Waals surface area contributed by atoms with E-state index < -0.39 is 11.5 Å². The SMILES string of the molecule is CC(N)(Cc1cc[n+]([O-])c(Cl)c1)C(=O)O. The van der Waals surface area contributed by atoms with Crippen molar-refractivity contribution in [2.75, 3.05) is 0 Å². The second kappa shape index (κ2) is 4.04. The predicted molar refractivity (Wildman–Crippen MR) is 54.3 cm³/mol. The first-order valence-electron chi connectivity index (χ1n) is 4.23. The molecule has 0 radical (unpaired) electrons. The monoisotopic (exact) mass is 230 g/mol. The number of carboxylic acid groups (broad SMARTS) is 1. The molecule has 1 aromatic heterocycles. The number of halogens is 1. The van der Waals surface area contributed by atoms with Crippen LogP contribution in [0.15, 0.2) is 18.3 Å². The molecule has 1 rings (SSSR count). The molecule has 0 aliphatic heterocycles. The van der Waals surface area contributed by atoms with Crippen LogP contribution in [0.4, 0.5) is 0 Å². The molecule has 0 spiro atoms. The Bertz CT molecular complexity index is 393. The Hall–Kier alpha value is -1.33. The van der Waals surface area contributed by atoms with Crippen molar-refractivity contribution < 1.29 is 14.6 Å². The van der Waals surface area contributed by atoms with E-state index in [1.165, 1.54) is 25.3 Å². The van der Waals surface area contributed by atoms with E-state index in [2.05, 4.69) is 0 Å². The third kappa shape index (κ3) is 2.81. The molecule has 0 bridgehead atoms. The van der Waals surface area contributed by atoms with Crippen LogP contribution in [-0.4, -0.2) is 16.6 Å². The summed E-state index contributed by atoms with van der Waals surface area (Å²) in [5.41, 5.74) is 4.80. The minimum atomic E-state index is -1.36. The van der Waals surface area contributed by atoms with E-state index in [0.717, 1.165) is 0 Å². The zero-order chi connectivity index (χ0) is 11.6. The molecule has 0 amide bonds. The van der Waals surface area contributed by atoms with Gasteiger partial charge in [-0.05, 0) is 24.1 Å². The van der Waals surface area contributed by atoms with Gasteiger partial charge in [-0.1, -0.05) is 0 Å². The van der Waals surface area contributed by atoms with E-state index >= 15 is 0 Å². The Morgan fingerprint density at radius 2 is 2.40 bits per heavy atom. The molecule has 0 saturated heterocycles. The first kappa shape index (κ1) is 11.7. The number of nitrogens with two attached hydrogens (primary N) is 1. The third-order valence-electron chi connectivity index (χ3n) is 2.00. The van der Waals surface area contributed by atoms with Crippen LogP contribution in [0, 0.1) is 5.21 Å². The van der Waals surface area contributed by atoms with E-state index in [1.807, 2.05) is 0 Å². The summed E-state index contributed by atoms with van der Waals surface area (Å²) in [6.07, 6.45) is 1.33. The number of nitrogens with zero attached hydrogens (tertiary/aromatic N) is 1. The molecule has 1 unspecified atom stereocenters. The van der Waals surface area contributed by atoms with Gasteiger partial charge in [0.25, 0.3) is 5.15 Å². The Balaban J connectivity index is 2.91. The number of pyridine rings is 1. The molecule has 15 heavy (non-hydrogen) atoms. The van der Waals surface area contributed by atoms with Crippen LogP contribution in [-0.2, 0) is 11.2 Å². The number of aliphatic carboxylic acids is 1. The molecule has 82 valence electrons. The highest BCUT2D eigenvalue weighted by atomic mass is 35.5. The van der Waals surface area contributed by atoms with Gasteiger partial charge in [0, 0.05) is 18.6 Å². The van der Waals surface area contributed by atoms with Crippen molar-refractivity contribution in [1.29, 1.82) is 0 Å². The lowest BCUT2D eigenvalue weighted by Crippen LogP contribution is -2.47. The van der Waals surface area contributed by atoms with E-state index in [1.54, 1.807) is 0 Å². The summed E-state index contributed by atoms with van der Waals surface area (Å²) < 4.78 is 0.486. The summed E-state index contributed by atoms with van der Waals surface area (Å²) in [5, 5.41) is 19.7. The van der Waals surface area contributed by atoms with Gasteiger partial charge in [0.2, 0.25) is 0 Å². The second-order valence-electron chi connectivity index (χ2n) is 3.58. The second-order valence-corrected chi connectivity index (χ2v) is 3.97. The standard InChI is InChI=1S/C9H11ClN2O3/c1-9(11,8(13)14)5-6-2-3-12(15)7(10)4-6/h2-4H,5,11H2,1H3,(H,13,14). The van der Waals surface area contributed by atoms with Crippen molar-refractivity contribution in [1.82, 2.24) is 0 Å². The Morgan fingerprint density at radius 3 is 2.87 bits per heavy atom. The van der Waals surface area contributed by atoms with Gasteiger partial charge in [-0.3, -0.25) is 4.79 Å². The number of aromatic nitrogens is 1. The topological polar surface area (TPSA) is 90.3 Å². The quantitative estimate of drug-likeness (QED) is 0.445. The normalized spacial score (nSPS) is 14.6. The van der Waals surface area contributed by atoms with Gasteiger partial charge in [-0.25, -0.2) is 0 Å². The van der Waals surface area contributed by atoms with Gasteiger partial charge < -0.3 is 16.0 Å². The van der Waals surface area contributed by atoms with Crippen LogP contribution < -0.4 is 10.5 Å². The molecular formula is C9H11ClN2O3. The molecule has 0 aliphatic rings. The molecule has 0 fully saturated rings. The fraction of sp³-hybridized carbons (Fsp3) is 0.333. The van der Waals surface area contributed by atoms with Crippen LogP contribution in [0.5, 0.6) is 0 Å². The zero-order valence-electron chi connectivity index (χ0n) is 8.11. The smallest absolute Gasteiger partial charge is 0.323 e. The van der Waals surface area contributed by atoms with Crippen LogP contribution in [0.25, 0.3) is 0 Å². The number of carboxylic acids is 1. The maximum absolute atomic E-state index is 10.9. The van der Waals surface area contributed by atoms with E-state index in [-0.39, 0.29) is 11.6 Å². The van der Waals surface area contributed by atoms with Crippen molar-refractivity contribution in [3.8, 4) is 0 Å². The largest absolute Gasteiger partial charge is 0.618 e. The Kier molecular flexibility index (Phi) is 3.16. The maximum Gasteiger partial charge on any atom is 0.323 e. The van der Waals surface area contributed by atoms with Crippen molar-refractivity contribution in [2.24, 2.45) is 5.73 Å². The predicted octanol–water partition coefficient (Wildman–Crippen LogP) is 0.318. The summed E-state index contributed by atoms with van der Waals surface area (Å²) in [5.74, 6) is -1.10. The summed E-state index contributed by atoms with van der Waals surface area (Å²) in [7, 11) is 0. The lowest BCUT2D eigenvalue weighted by atomic mass is 9.95. The molecule has 1 atom stereocenters. The minimum absolute atomic E-state index is 0.00584. The maximum atomic E-state index is 10.9. The molecule has 6 heteroatoms. The summed E-state index contributed by atoms with van der Waals surface area (Å²) in [6, 6.07) is 2.90. The number of carbonyl (C=O) groups is 1. The van der Waals surface area contributed by atoms with Gasteiger partial charge in [-0.2, -0.15) is 4.73 Å². The molecule has 3 N–H and O–H groups in total. The van der Waals surface area contributed by atoms with Crippen LogP contribution in [0.1, 0.15) is 12.5 Å². The average molecular weight is 231 g/mol. The van der Waals surface area contributed by atoms with Gasteiger partial charge in [0.1, 0.15) is 5.54 Å². The lowest BCUT2D eigenvalue weighted by molar-refractivity contribution is -0.603. The molecule has 5 nitrogen and oxygen atoms in total. The lowest BCUT2D eigenvalue weighted by Gasteiger charge is -2.18. The van der Waals surface area contributed by atoms with E-state index in [0.29, 0.717) is 10.3 Å². The highest BCUT2D eigenvalue weighted by Gasteiger charge is 2.28. The third-order valence-corrected chi connectivity index (χ3v) is 2.27. The van der Waals surface area contributed by atoms with Gasteiger partial charge in [-0.15, -0.1) is 0 Å². The van der Waals surface area contributed by atoms with E-state index in [9.17, 15) is 10.0 Å². The van der Waals surface area contributed by atoms with E-state index in [4.69, 9.17) is 22.4 Å². The fourth-order valence-corrected chi connectivity index (χ4v) is 1.31. The number of hydrogen-bond donors (Lipinski definition) is 2. The molecule has 0 aliphatic carbocycles. The highest BCUT2D eigenvalue weighted by Crippen LogP contribution is 2.12. The van der Waals surface area contributed by atoms with Gasteiger partial charge in [0.05, 0.1) is 0 Å². The van der Waals surface area contributed by atoms with Crippen molar-refractivity contribution in [3.05, 3.63) is 34.3 Å². The Labute approximate surface area is 91.7 Å². The molecule has 1 aromatic rings. The average Bonchev–Trinajstić information content (AvgIpc) is 2.10. The zero-order valence-corrected chi connectivity index (χ0v) is 8.86. The Morgan fingerprint density at radius 1 is 1.80 bits per heavy atom. The van der Waals surface area contributed by atoms with Gasteiger partial charge in [0.15, 0.2) is 6.20 Å². The number of hydrogen-bond acceptors (Lipinski definition) is 3. The van der Waals surface area contributed by atoms with Crippen molar-refractivity contribution in [3.63, 3.8) is 0 Å². The first-order valence-corrected chi connectivity index (χ1v) is 4.60. The summed E-state index contributed by atoms with van der Waals surface area (Å²) >= 11 is 5.58. The molecule has 1 heterocycles. The first-order chi connectivity index (χ1) is 6.83. The van der Waals surface area contributed by atoms with Crippen molar-refractivity contribution >= 4 is 17.6 Å².